The maximum atomic E-state index is 11.7. The Morgan fingerprint density at radius 1 is 1.67 bits per heavy atom. The minimum absolute atomic E-state index is 0.00468. The van der Waals surface area contributed by atoms with E-state index in [1.54, 1.807) is 18.7 Å². The van der Waals surface area contributed by atoms with Crippen LogP contribution in [0.2, 0.25) is 0 Å². The van der Waals surface area contributed by atoms with Gasteiger partial charge in [-0.2, -0.15) is 5.10 Å². The normalized spacial score (nSPS) is 11.9. The van der Waals surface area contributed by atoms with Crippen molar-refractivity contribution in [3.8, 4) is 12.3 Å². The van der Waals surface area contributed by atoms with E-state index in [4.69, 9.17) is 11.2 Å². The van der Waals surface area contributed by atoms with Crippen LogP contribution in [0.3, 0.4) is 0 Å². The molecule has 0 bridgehead atoms. The van der Waals surface area contributed by atoms with Gasteiger partial charge in [0.25, 0.3) is 0 Å². The van der Waals surface area contributed by atoms with E-state index in [9.17, 15) is 4.79 Å². The number of esters is 1. The van der Waals surface area contributed by atoms with Crippen molar-refractivity contribution in [1.29, 1.82) is 0 Å². The molecule has 5 nitrogen and oxygen atoms in total. The van der Waals surface area contributed by atoms with E-state index < -0.39 is 0 Å². The lowest BCUT2D eigenvalue weighted by Gasteiger charge is -2.11. The number of aryl methyl sites for hydroxylation is 1. The highest BCUT2D eigenvalue weighted by Gasteiger charge is 2.17. The third-order valence-corrected chi connectivity index (χ3v) is 2.68. The van der Waals surface area contributed by atoms with Crippen LogP contribution in [0.1, 0.15) is 36.3 Å². The number of terminal acetylenes is 1. The van der Waals surface area contributed by atoms with Gasteiger partial charge in [0.05, 0.1) is 24.5 Å². The first-order valence-electron chi connectivity index (χ1n) is 6.01. The third-order valence-electron chi connectivity index (χ3n) is 2.68. The molecule has 0 amide bonds. The highest BCUT2D eigenvalue weighted by atomic mass is 16.5. The fraction of sp³-hybridized carbons (Fsp3) is 0.538. The zero-order chi connectivity index (χ0) is 13.5. The Hall–Kier alpha value is -1.80. The molecule has 1 unspecified atom stereocenters. The molecule has 0 aliphatic heterocycles. The summed E-state index contributed by atoms with van der Waals surface area (Å²) in [6, 6.07) is -0.00468. The molecule has 0 fully saturated rings. The Morgan fingerprint density at radius 3 is 2.94 bits per heavy atom. The first-order valence-corrected chi connectivity index (χ1v) is 6.01. The van der Waals surface area contributed by atoms with E-state index >= 15 is 0 Å². The second kappa shape index (κ2) is 6.82. The SMILES string of the molecule is C#CC(CC)NCc1c(C(=O)OCC)cnn1C. The van der Waals surface area contributed by atoms with Crippen molar-refractivity contribution in [2.75, 3.05) is 6.61 Å². The van der Waals surface area contributed by atoms with Gasteiger partial charge in [-0.1, -0.05) is 12.8 Å². The molecule has 0 aromatic carbocycles. The summed E-state index contributed by atoms with van der Waals surface area (Å²) in [6.45, 7) is 4.63. The van der Waals surface area contributed by atoms with Crippen LogP contribution < -0.4 is 5.32 Å². The standard InChI is InChI=1S/C13H19N3O2/c1-5-10(6-2)14-9-12-11(8-15-16(12)4)13(17)18-7-3/h1,8,10,14H,6-7,9H2,2-4H3. The van der Waals surface area contributed by atoms with E-state index in [1.165, 1.54) is 6.20 Å². The highest BCUT2D eigenvalue weighted by Crippen LogP contribution is 2.09. The zero-order valence-electron chi connectivity index (χ0n) is 11.1. The minimum atomic E-state index is -0.351. The number of nitrogens with one attached hydrogen (secondary N) is 1. The molecule has 1 atom stereocenters. The van der Waals surface area contributed by atoms with Crippen LogP contribution in [0.4, 0.5) is 0 Å². The lowest BCUT2D eigenvalue weighted by molar-refractivity contribution is 0.0524. The Kier molecular flexibility index (Phi) is 5.40. The Labute approximate surface area is 108 Å². The molecule has 1 aromatic rings. The summed E-state index contributed by atoms with van der Waals surface area (Å²) in [5, 5.41) is 7.27. The zero-order valence-corrected chi connectivity index (χ0v) is 11.1. The molecular weight excluding hydrogens is 230 g/mol. The van der Waals surface area contributed by atoms with Gasteiger partial charge in [0.2, 0.25) is 0 Å². The van der Waals surface area contributed by atoms with Crippen molar-refractivity contribution in [2.45, 2.75) is 32.9 Å². The summed E-state index contributed by atoms with van der Waals surface area (Å²) in [6.07, 6.45) is 7.74. The quantitative estimate of drug-likeness (QED) is 0.606. The number of nitrogens with zero attached hydrogens (tertiary/aromatic N) is 2. The summed E-state index contributed by atoms with van der Waals surface area (Å²) in [4.78, 5) is 11.7. The molecule has 0 aliphatic carbocycles. The average molecular weight is 249 g/mol. The van der Waals surface area contributed by atoms with Crippen LogP contribution in [-0.2, 0) is 18.3 Å². The first-order chi connectivity index (χ1) is 8.63. The summed E-state index contributed by atoms with van der Waals surface area (Å²) < 4.78 is 6.64. The van der Waals surface area contributed by atoms with E-state index in [0.717, 1.165) is 12.1 Å². The Morgan fingerprint density at radius 2 is 2.39 bits per heavy atom. The van der Waals surface area contributed by atoms with Crippen molar-refractivity contribution in [1.82, 2.24) is 15.1 Å². The van der Waals surface area contributed by atoms with E-state index in [-0.39, 0.29) is 12.0 Å². The number of aromatic nitrogens is 2. The Balaban J connectivity index is 2.79. The van der Waals surface area contributed by atoms with Crippen molar-refractivity contribution in [3.63, 3.8) is 0 Å². The fourth-order valence-corrected chi connectivity index (χ4v) is 1.59. The van der Waals surface area contributed by atoms with Gasteiger partial charge in [-0.05, 0) is 13.3 Å². The summed E-state index contributed by atoms with van der Waals surface area (Å²) >= 11 is 0. The molecule has 5 heteroatoms. The molecule has 1 rings (SSSR count). The lowest BCUT2D eigenvalue weighted by Crippen LogP contribution is -2.28. The van der Waals surface area contributed by atoms with Crippen LogP contribution >= 0.6 is 0 Å². The predicted molar refractivity (Wildman–Crippen MR) is 68.9 cm³/mol. The summed E-state index contributed by atoms with van der Waals surface area (Å²) in [5.41, 5.74) is 1.26. The molecule has 0 aliphatic rings. The molecule has 98 valence electrons. The minimum Gasteiger partial charge on any atom is -0.462 e. The van der Waals surface area contributed by atoms with Crippen LogP contribution in [0.5, 0.6) is 0 Å². The van der Waals surface area contributed by atoms with Gasteiger partial charge in [-0.25, -0.2) is 4.79 Å². The van der Waals surface area contributed by atoms with Crippen molar-refractivity contribution in [2.24, 2.45) is 7.05 Å². The number of hydrogen-bond donors (Lipinski definition) is 1. The Bertz CT molecular complexity index is 446. The van der Waals surface area contributed by atoms with E-state index in [0.29, 0.717) is 18.7 Å². The van der Waals surface area contributed by atoms with Crippen LogP contribution in [0.15, 0.2) is 6.20 Å². The van der Waals surface area contributed by atoms with Crippen molar-refractivity contribution in [3.05, 3.63) is 17.5 Å². The third kappa shape index (κ3) is 3.34. The van der Waals surface area contributed by atoms with Gasteiger partial charge < -0.3 is 4.74 Å². The van der Waals surface area contributed by atoms with E-state index in [1.807, 2.05) is 6.92 Å². The number of carbonyl (C=O) groups excluding carboxylic acids is 1. The second-order valence-electron chi connectivity index (χ2n) is 3.86. The fourth-order valence-electron chi connectivity index (χ4n) is 1.59. The molecule has 1 heterocycles. The molecule has 1 N–H and O–H groups in total. The highest BCUT2D eigenvalue weighted by molar-refractivity contribution is 5.90. The van der Waals surface area contributed by atoms with Gasteiger partial charge in [0, 0.05) is 13.6 Å². The first kappa shape index (κ1) is 14.3. The average Bonchev–Trinajstić information content (AvgIpc) is 2.73. The summed E-state index contributed by atoms with van der Waals surface area (Å²) in [7, 11) is 1.79. The lowest BCUT2D eigenvalue weighted by atomic mass is 10.2. The van der Waals surface area contributed by atoms with Crippen LogP contribution in [0, 0.1) is 12.3 Å². The number of ether oxygens (including phenoxy) is 1. The monoisotopic (exact) mass is 249 g/mol. The van der Waals surface area contributed by atoms with Gasteiger partial charge in [0.1, 0.15) is 5.56 Å². The van der Waals surface area contributed by atoms with Gasteiger partial charge in [-0.15, -0.1) is 6.42 Å². The van der Waals surface area contributed by atoms with Crippen LogP contribution in [0.25, 0.3) is 0 Å². The van der Waals surface area contributed by atoms with Crippen LogP contribution in [-0.4, -0.2) is 28.4 Å². The van der Waals surface area contributed by atoms with Gasteiger partial charge >= 0.3 is 5.97 Å². The van der Waals surface area contributed by atoms with Crippen molar-refractivity contribution < 1.29 is 9.53 Å². The number of rotatable bonds is 6. The molecule has 0 saturated heterocycles. The van der Waals surface area contributed by atoms with Crippen molar-refractivity contribution >= 4 is 5.97 Å². The van der Waals surface area contributed by atoms with Gasteiger partial charge in [0.15, 0.2) is 0 Å². The number of hydrogen-bond acceptors (Lipinski definition) is 4. The largest absolute Gasteiger partial charge is 0.462 e. The second-order valence-corrected chi connectivity index (χ2v) is 3.86. The maximum Gasteiger partial charge on any atom is 0.341 e. The molecule has 0 radical (unpaired) electrons. The maximum absolute atomic E-state index is 11.7. The van der Waals surface area contributed by atoms with Gasteiger partial charge in [-0.3, -0.25) is 10.00 Å². The molecular formula is C13H19N3O2. The molecule has 0 spiro atoms. The smallest absolute Gasteiger partial charge is 0.341 e. The van der Waals surface area contributed by atoms with E-state index in [2.05, 4.69) is 16.3 Å². The number of carbonyl (C=O) groups is 1. The molecule has 18 heavy (non-hydrogen) atoms. The summed E-state index contributed by atoms with van der Waals surface area (Å²) in [5.74, 6) is 2.30. The topological polar surface area (TPSA) is 56.1 Å². The molecule has 1 aromatic heterocycles. The predicted octanol–water partition coefficient (Wildman–Crippen LogP) is 1.10. The molecule has 0 saturated carbocycles.